The minimum atomic E-state index is -2.89. The van der Waals surface area contributed by atoms with Crippen LogP contribution in [0.5, 0.6) is 5.75 Å². The summed E-state index contributed by atoms with van der Waals surface area (Å²) in [4.78, 5) is 16.3. The van der Waals surface area contributed by atoms with Gasteiger partial charge in [-0.1, -0.05) is 12.1 Å². The number of guanidine groups is 1. The molecule has 10 heteroatoms. The van der Waals surface area contributed by atoms with Crippen LogP contribution in [-0.4, -0.2) is 49.8 Å². The summed E-state index contributed by atoms with van der Waals surface area (Å²) in [6, 6.07) is 7.51. The summed E-state index contributed by atoms with van der Waals surface area (Å²) < 4.78 is 33.8. The van der Waals surface area contributed by atoms with Gasteiger partial charge in [0.25, 0.3) is 5.91 Å². The third-order valence-electron chi connectivity index (χ3n) is 4.26. The van der Waals surface area contributed by atoms with E-state index in [4.69, 9.17) is 4.42 Å². The van der Waals surface area contributed by atoms with Crippen molar-refractivity contribution in [1.29, 1.82) is 0 Å². The molecular weight excluding hydrogens is 410 g/mol. The van der Waals surface area contributed by atoms with Crippen LogP contribution in [0.2, 0.25) is 0 Å². The van der Waals surface area contributed by atoms with Gasteiger partial charge in [-0.05, 0) is 44.0 Å². The van der Waals surface area contributed by atoms with Gasteiger partial charge in [0.2, 0.25) is 0 Å². The van der Waals surface area contributed by atoms with E-state index in [9.17, 15) is 18.7 Å². The second-order valence-corrected chi connectivity index (χ2v) is 6.65. The first-order chi connectivity index (χ1) is 14.9. The third-order valence-corrected chi connectivity index (χ3v) is 4.26. The number of rotatable bonds is 11. The summed E-state index contributed by atoms with van der Waals surface area (Å²) in [6.45, 7) is 2.56. The number of amides is 1. The lowest BCUT2D eigenvalue weighted by atomic mass is 10.1. The molecule has 0 fully saturated rings. The number of nitrogens with zero attached hydrogens (tertiary/aromatic N) is 1. The number of aryl methyl sites for hydroxylation is 1. The van der Waals surface area contributed by atoms with Crippen molar-refractivity contribution in [2.75, 3.05) is 26.2 Å². The van der Waals surface area contributed by atoms with E-state index in [0.717, 1.165) is 5.56 Å². The number of nitrogens with one attached hydrogen (secondary N) is 3. The second-order valence-electron chi connectivity index (χ2n) is 6.65. The van der Waals surface area contributed by atoms with Crippen LogP contribution in [0.4, 0.5) is 8.78 Å². The van der Waals surface area contributed by atoms with E-state index in [1.807, 2.05) is 6.92 Å². The molecule has 0 spiro atoms. The van der Waals surface area contributed by atoms with Crippen LogP contribution in [0.25, 0.3) is 0 Å². The fourth-order valence-electron chi connectivity index (χ4n) is 2.68. The monoisotopic (exact) mass is 438 g/mol. The Morgan fingerprint density at radius 1 is 1.16 bits per heavy atom. The van der Waals surface area contributed by atoms with Crippen molar-refractivity contribution in [2.45, 2.75) is 33.0 Å². The first-order valence-corrected chi connectivity index (χ1v) is 9.98. The highest BCUT2D eigenvalue weighted by Crippen LogP contribution is 2.19. The number of aliphatic hydroxyl groups is 1. The molecule has 31 heavy (non-hydrogen) atoms. The number of carbonyl (C=O) groups is 1. The first kappa shape index (κ1) is 24.1. The summed E-state index contributed by atoms with van der Waals surface area (Å²) in [6.07, 6.45) is 1.24. The zero-order valence-corrected chi connectivity index (χ0v) is 17.5. The Kier molecular flexibility index (Phi) is 9.76. The lowest BCUT2D eigenvalue weighted by Crippen LogP contribution is -2.39. The molecule has 1 unspecified atom stereocenters. The van der Waals surface area contributed by atoms with Crippen LogP contribution in [0.3, 0.4) is 0 Å². The third kappa shape index (κ3) is 8.25. The number of benzene rings is 1. The van der Waals surface area contributed by atoms with Crippen molar-refractivity contribution in [3.8, 4) is 5.75 Å². The van der Waals surface area contributed by atoms with Crippen molar-refractivity contribution < 1.29 is 27.8 Å². The van der Waals surface area contributed by atoms with E-state index >= 15 is 0 Å². The summed E-state index contributed by atoms with van der Waals surface area (Å²) in [5, 5.41) is 19.3. The zero-order chi connectivity index (χ0) is 22.6. The van der Waals surface area contributed by atoms with Crippen LogP contribution >= 0.6 is 0 Å². The highest BCUT2D eigenvalue weighted by Gasteiger charge is 2.12. The first-order valence-electron chi connectivity index (χ1n) is 9.98. The lowest BCUT2D eigenvalue weighted by Gasteiger charge is -2.14. The van der Waals surface area contributed by atoms with Gasteiger partial charge in [-0.25, -0.2) is 0 Å². The van der Waals surface area contributed by atoms with Crippen LogP contribution < -0.4 is 20.7 Å². The summed E-state index contributed by atoms with van der Waals surface area (Å²) >= 11 is 0. The van der Waals surface area contributed by atoms with Gasteiger partial charge in [0, 0.05) is 25.2 Å². The molecule has 8 nitrogen and oxygen atoms in total. The number of hydrogen-bond acceptors (Lipinski definition) is 5. The molecule has 0 saturated heterocycles. The molecule has 0 aliphatic carbocycles. The van der Waals surface area contributed by atoms with Crippen molar-refractivity contribution in [3.05, 3.63) is 53.5 Å². The number of hydrogen-bond donors (Lipinski definition) is 4. The van der Waals surface area contributed by atoms with Gasteiger partial charge in [-0.3, -0.25) is 9.79 Å². The van der Waals surface area contributed by atoms with E-state index in [-0.39, 0.29) is 18.2 Å². The fourth-order valence-corrected chi connectivity index (χ4v) is 2.68. The quantitative estimate of drug-likeness (QED) is 0.244. The Labute approximate surface area is 179 Å². The molecule has 1 aromatic heterocycles. The van der Waals surface area contributed by atoms with Crippen molar-refractivity contribution >= 4 is 11.9 Å². The molecule has 2 rings (SSSR count). The molecule has 2 aromatic rings. The smallest absolute Gasteiger partial charge is 0.387 e. The molecule has 0 bridgehead atoms. The van der Waals surface area contributed by atoms with Gasteiger partial charge in [0.1, 0.15) is 5.75 Å². The number of carbonyl (C=O) groups excluding carboxylic acids is 1. The number of ether oxygens (including phenoxy) is 1. The molecule has 4 N–H and O–H groups in total. The van der Waals surface area contributed by atoms with Crippen molar-refractivity contribution in [1.82, 2.24) is 16.0 Å². The molecule has 1 aromatic carbocycles. The number of aliphatic hydroxyl groups excluding tert-OH is 1. The maximum absolute atomic E-state index is 12.2. The Morgan fingerprint density at radius 2 is 1.87 bits per heavy atom. The summed E-state index contributed by atoms with van der Waals surface area (Å²) in [7, 11) is 0. The Bertz CT molecular complexity index is 840. The van der Waals surface area contributed by atoms with Gasteiger partial charge in [-0.15, -0.1) is 0 Å². The Balaban J connectivity index is 1.76. The maximum Gasteiger partial charge on any atom is 0.387 e. The van der Waals surface area contributed by atoms with Crippen LogP contribution in [-0.2, 0) is 0 Å². The largest absolute Gasteiger partial charge is 0.459 e. The molecule has 0 aliphatic rings. The van der Waals surface area contributed by atoms with Crippen LogP contribution in [0.1, 0.15) is 41.1 Å². The highest BCUT2D eigenvalue weighted by atomic mass is 19.3. The Morgan fingerprint density at radius 3 is 2.48 bits per heavy atom. The van der Waals surface area contributed by atoms with Gasteiger partial charge in [0.15, 0.2) is 11.7 Å². The zero-order valence-electron chi connectivity index (χ0n) is 17.5. The predicted molar refractivity (Wildman–Crippen MR) is 112 cm³/mol. The van der Waals surface area contributed by atoms with E-state index in [1.54, 1.807) is 13.0 Å². The number of aliphatic imine (C=N–C) groups is 1. The molecule has 0 saturated carbocycles. The maximum atomic E-state index is 12.2. The highest BCUT2D eigenvalue weighted by molar-refractivity contribution is 5.92. The van der Waals surface area contributed by atoms with E-state index < -0.39 is 12.7 Å². The molecule has 170 valence electrons. The predicted octanol–water partition coefficient (Wildman–Crippen LogP) is 2.60. The van der Waals surface area contributed by atoms with Gasteiger partial charge in [-0.2, -0.15) is 8.78 Å². The number of alkyl halides is 2. The topological polar surface area (TPSA) is 108 Å². The SMILES string of the molecule is CCNC(=NCC(O)c1ccc(OC(F)F)cc1)NCCCNC(=O)c1occc1C. The van der Waals surface area contributed by atoms with Gasteiger partial charge < -0.3 is 30.2 Å². The van der Waals surface area contributed by atoms with E-state index in [0.29, 0.717) is 43.3 Å². The normalized spacial score (nSPS) is 12.5. The lowest BCUT2D eigenvalue weighted by molar-refractivity contribution is -0.0498. The molecule has 1 heterocycles. The molecule has 1 atom stereocenters. The Hall–Kier alpha value is -3.14. The molecule has 0 aliphatic heterocycles. The number of halogens is 2. The van der Waals surface area contributed by atoms with E-state index in [2.05, 4.69) is 25.7 Å². The average molecular weight is 438 g/mol. The standard InChI is InChI=1S/C21H28F2N4O4/c1-3-24-21(26-11-4-10-25-19(29)18-14(2)9-12-30-18)27-13-17(28)15-5-7-16(8-6-15)31-20(22)23/h5-9,12,17,20,28H,3-4,10-11,13H2,1-2H3,(H,25,29)(H2,24,26,27). The van der Waals surface area contributed by atoms with Crippen LogP contribution in [0.15, 0.2) is 46.0 Å². The fraction of sp³-hybridized carbons (Fsp3) is 0.429. The molecule has 0 radical (unpaired) electrons. The number of furan rings is 1. The minimum absolute atomic E-state index is 0.0266. The van der Waals surface area contributed by atoms with Crippen LogP contribution in [0, 0.1) is 6.92 Å². The summed E-state index contributed by atoms with van der Waals surface area (Å²) in [5.74, 6) is 0.605. The van der Waals surface area contributed by atoms with Gasteiger partial charge in [0.05, 0.1) is 18.9 Å². The minimum Gasteiger partial charge on any atom is -0.459 e. The second kappa shape index (κ2) is 12.5. The van der Waals surface area contributed by atoms with Crippen molar-refractivity contribution in [2.24, 2.45) is 4.99 Å². The molecular formula is C21H28F2N4O4. The summed E-state index contributed by atoms with van der Waals surface area (Å²) in [5.41, 5.74) is 1.32. The molecule has 1 amide bonds. The average Bonchev–Trinajstić information content (AvgIpc) is 3.17. The van der Waals surface area contributed by atoms with Gasteiger partial charge >= 0.3 is 6.61 Å². The van der Waals surface area contributed by atoms with E-state index in [1.165, 1.54) is 30.5 Å². The van der Waals surface area contributed by atoms with Crippen molar-refractivity contribution in [3.63, 3.8) is 0 Å².